The predicted molar refractivity (Wildman–Crippen MR) is 81.7 cm³/mol. The van der Waals surface area contributed by atoms with Crippen LogP contribution in [0.4, 0.5) is 0 Å². The van der Waals surface area contributed by atoms with Crippen molar-refractivity contribution in [2.45, 2.75) is 51.1 Å². The number of nitrogens with zero attached hydrogens (tertiary/aromatic N) is 3. The van der Waals surface area contributed by atoms with Crippen LogP contribution in [0.5, 0.6) is 0 Å². The van der Waals surface area contributed by atoms with E-state index < -0.39 is 0 Å². The monoisotopic (exact) mass is 276 g/mol. The van der Waals surface area contributed by atoms with E-state index in [1.807, 2.05) is 12.4 Å². The van der Waals surface area contributed by atoms with Crippen molar-refractivity contribution in [2.24, 2.45) is 13.0 Å². The van der Waals surface area contributed by atoms with E-state index in [2.05, 4.69) is 47.6 Å². The second-order valence-corrected chi connectivity index (χ2v) is 7.49. The molecule has 1 unspecified atom stereocenters. The summed E-state index contributed by atoms with van der Waals surface area (Å²) in [6.45, 7) is 10.4. The van der Waals surface area contributed by atoms with Crippen LogP contribution in [0.1, 0.15) is 39.4 Å². The maximum atomic E-state index is 4.47. The van der Waals surface area contributed by atoms with Crippen LogP contribution in [-0.4, -0.2) is 45.2 Å². The third-order valence-corrected chi connectivity index (χ3v) is 5.22. The zero-order chi connectivity index (χ0) is 14.4. The first-order valence-electron chi connectivity index (χ1n) is 7.87. The molecule has 1 atom stereocenters. The lowest BCUT2D eigenvalue weighted by Crippen LogP contribution is -2.68. The predicted octanol–water partition coefficient (Wildman–Crippen LogP) is 1.82. The van der Waals surface area contributed by atoms with Gasteiger partial charge in [0, 0.05) is 56.6 Å². The van der Waals surface area contributed by atoms with Gasteiger partial charge in [-0.1, -0.05) is 0 Å². The first-order chi connectivity index (χ1) is 9.41. The highest BCUT2D eigenvalue weighted by Crippen LogP contribution is 2.44. The van der Waals surface area contributed by atoms with E-state index in [0.29, 0.717) is 5.54 Å². The molecule has 0 amide bonds. The molecular weight excluding hydrogens is 248 g/mol. The van der Waals surface area contributed by atoms with Gasteiger partial charge in [0.1, 0.15) is 5.82 Å². The SMILES string of the molecule is Cn1ccnc1CCN1CC(C)(C)NCC1(C)C1CC1. The van der Waals surface area contributed by atoms with Gasteiger partial charge in [-0.25, -0.2) is 4.98 Å². The van der Waals surface area contributed by atoms with Gasteiger partial charge in [-0.2, -0.15) is 0 Å². The Labute approximate surface area is 122 Å². The lowest BCUT2D eigenvalue weighted by Gasteiger charge is -2.52. The topological polar surface area (TPSA) is 33.1 Å². The summed E-state index contributed by atoms with van der Waals surface area (Å²) < 4.78 is 2.14. The summed E-state index contributed by atoms with van der Waals surface area (Å²) in [5, 5.41) is 3.74. The second kappa shape index (κ2) is 4.85. The highest BCUT2D eigenvalue weighted by Gasteiger charge is 2.49. The number of rotatable bonds is 4. The molecule has 4 nitrogen and oxygen atoms in total. The van der Waals surface area contributed by atoms with Crippen LogP contribution >= 0.6 is 0 Å². The van der Waals surface area contributed by atoms with E-state index in [1.54, 1.807) is 0 Å². The van der Waals surface area contributed by atoms with Gasteiger partial charge in [-0.05, 0) is 39.5 Å². The van der Waals surface area contributed by atoms with Crippen molar-refractivity contribution < 1.29 is 0 Å². The van der Waals surface area contributed by atoms with Crippen molar-refractivity contribution in [1.29, 1.82) is 0 Å². The first-order valence-corrected chi connectivity index (χ1v) is 7.87. The Kier molecular flexibility index (Phi) is 3.41. The van der Waals surface area contributed by atoms with Crippen LogP contribution < -0.4 is 5.32 Å². The minimum absolute atomic E-state index is 0.218. The van der Waals surface area contributed by atoms with Crippen molar-refractivity contribution in [3.8, 4) is 0 Å². The van der Waals surface area contributed by atoms with Gasteiger partial charge in [0.2, 0.25) is 0 Å². The Hall–Kier alpha value is -0.870. The fraction of sp³-hybridized carbons (Fsp3) is 0.812. The molecule has 1 N–H and O–H groups in total. The zero-order valence-corrected chi connectivity index (χ0v) is 13.3. The molecule has 1 aromatic rings. The lowest BCUT2D eigenvalue weighted by atomic mass is 9.86. The molecule has 0 radical (unpaired) electrons. The van der Waals surface area contributed by atoms with Crippen LogP contribution in [0.25, 0.3) is 0 Å². The van der Waals surface area contributed by atoms with E-state index in [4.69, 9.17) is 0 Å². The Morgan fingerprint density at radius 3 is 2.70 bits per heavy atom. The summed E-state index contributed by atoms with van der Waals surface area (Å²) in [5.41, 5.74) is 0.552. The Bertz CT molecular complexity index is 475. The van der Waals surface area contributed by atoms with Crippen molar-refractivity contribution in [3.05, 3.63) is 18.2 Å². The fourth-order valence-corrected chi connectivity index (χ4v) is 3.56. The molecule has 0 aromatic carbocycles. The summed E-state index contributed by atoms with van der Waals surface area (Å²) in [6, 6.07) is 0. The molecule has 2 heterocycles. The van der Waals surface area contributed by atoms with E-state index in [0.717, 1.165) is 32.0 Å². The minimum Gasteiger partial charge on any atom is -0.338 e. The van der Waals surface area contributed by atoms with Gasteiger partial charge in [-0.15, -0.1) is 0 Å². The molecule has 0 spiro atoms. The molecule has 4 heteroatoms. The van der Waals surface area contributed by atoms with Crippen molar-refractivity contribution in [3.63, 3.8) is 0 Å². The third-order valence-electron chi connectivity index (χ3n) is 5.22. The quantitative estimate of drug-likeness (QED) is 0.910. The van der Waals surface area contributed by atoms with Crippen LogP contribution in [0.2, 0.25) is 0 Å². The summed E-state index contributed by atoms with van der Waals surface area (Å²) in [4.78, 5) is 7.18. The van der Waals surface area contributed by atoms with E-state index in [1.165, 1.54) is 18.7 Å². The molecular formula is C16H28N4. The zero-order valence-electron chi connectivity index (χ0n) is 13.3. The van der Waals surface area contributed by atoms with Gasteiger partial charge < -0.3 is 9.88 Å². The van der Waals surface area contributed by atoms with E-state index >= 15 is 0 Å². The number of aromatic nitrogens is 2. The van der Waals surface area contributed by atoms with Crippen LogP contribution in [0, 0.1) is 5.92 Å². The average molecular weight is 276 g/mol. The van der Waals surface area contributed by atoms with Crippen molar-refractivity contribution in [2.75, 3.05) is 19.6 Å². The normalized spacial score (nSPS) is 30.6. The van der Waals surface area contributed by atoms with E-state index in [-0.39, 0.29) is 5.54 Å². The summed E-state index contributed by atoms with van der Waals surface area (Å²) >= 11 is 0. The van der Waals surface area contributed by atoms with Gasteiger partial charge in [-0.3, -0.25) is 4.90 Å². The molecule has 112 valence electrons. The van der Waals surface area contributed by atoms with Gasteiger partial charge >= 0.3 is 0 Å². The number of nitrogens with one attached hydrogen (secondary N) is 1. The number of imidazole rings is 1. The molecule has 1 aromatic heterocycles. The molecule has 1 aliphatic heterocycles. The molecule has 3 rings (SSSR count). The third kappa shape index (κ3) is 2.63. The van der Waals surface area contributed by atoms with Crippen molar-refractivity contribution in [1.82, 2.24) is 19.8 Å². The largest absolute Gasteiger partial charge is 0.338 e. The average Bonchev–Trinajstić information content (AvgIpc) is 3.16. The molecule has 1 saturated carbocycles. The number of hydrogen-bond acceptors (Lipinski definition) is 3. The summed E-state index contributed by atoms with van der Waals surface area (Å²) in [6.07, 6.45) is 7.78. The molecule has 20 heavy (non-hydrogen) atoms. The Morgan fingerprint density at radius 1 is 1.35 bits per heavy atom. The minimum atomic E-state index is 0.218. The first kappa shape index (κ1) is 14.1. The summed E-state index contributed by atoms with van der Waals surface area (Å²) in [7, 11) is 2.09. The molecule has 1 aliphatic carbocycles. The highest BCUT2D eigenvalue weighted by molar-refractivity contribution is 5.07. The van der Waals surface area contributed by atoms with Crippen LogP contribution in [-0.2, 0) is 13.5 Å². The standard InChI is InChI=1S/C16H28N4/c1-15(2)12-20(9-7-14-17-8-10-19(14)4)16(3,11-18-15)13-5-6-13/h8,10,13,18H,5-7,9,11-12H2,1-4H3. The number of aryl methyl sites for hydroxylation is 1. The molecule has 0 bridgehead atoms. The second-order valence-electron chi connectivity index (χ2n) is 7.49. The lowest BCUT2D eigenvalue weighted by molar-refractivity contribution is 0.0124. The van der Waals surface area contributed by atoms with Crippen LogP contribution in [0.3, 0.4) is 0 Å². The smallest absolute Gasteiger partial charge is 0.109 e. The van der Waals surface area contributed by atoms with E-state index in [9.17, 15) is 0 Å². The highest BCUT2D eigenvalue weighted by atomic mass is 15.3. The van der Waals surface area contributed by atoms with Gasteiger partial charge in [0.25, 0.3) is 0 Å². The van der Waals surface area contributed by atoms with Crippen molar-refractivity contribution >= 4 is 0 Å². The Morgan fingerprint density at radius 2 is 2.10 bits per heavy atom. The van der Waals surface area contributed by atoms with Crippen LogP contribution in [0.15, 0.2) is 12.4 Å². The molecule has 2 fully saturated rings. The number of piperazine rings is 1. The summed E-state index contributed by atoms with van der Waals surface area (Å²) in [5.74, 6) is 2.08. The van der Waals surface area contributed by atoms with Gasteiger partial charge in [0.05, 0.1) is 0 Å². The maximum Gasteiger partial charge on any atom is 0.109 e. The number of hydrogen-bond donors (Lipinski definition) is 1. The fourth-order valence-electron chi connectivity index (χ4n) is 3.56. The Balaban J connectivity index is 1.71. The molecule has 2 aliphatic rings. The van der Waals surface area contributed by atoms with Gasteiger partial charge in [0.15, 0.2) is 0 Å². The molecule has 1 saturated heterocycles. The maximum absolute atomic E-state index is 4.47.